The van der Waals surface area contributed by atoms with Crippen molar-refractivity contribution < 1.29 is 4.79 Å². The molecule has 0 unspecified atom stereocenters. The van der Waals surface area contributed by atoms with E-state index in [1.165, 1.54) is 4.90 Å². The number of anilines is 1. The van der Waals surface area contributed by atoms with Gasteiger partial charge in [0.1, 0.15) is 0 Å². The summed E-state index contributed by atoms with van der Waals surface area (Å²) in [5, 5.41) is 1.67. The van der Waals surface area contributed by atoms with Crippen molar-refractivity contribution in [1.82, 2.24) is 0 Å². The van der Waals surface area contributed by atoms with Crippen molar-refractivity contribution >= 4 is 33.4 Å². The number of aryl methyl sites for hydroxylation is 1. The van der Waals surface area contributed by atoms with Crippen molar-refractivity contribution in [2.45, 2.75) is 6.92 Å². The Hall–Kier alpha value is -1.54. The van der Waals surface area contributed by atoms with Crippen LogP contribution >= 0.6 is 11.6 Å². The number of hydrogen-bond acceptors (Lipinski definition) is 1. The minimum Gasteiger partial charge on any atom is -0.301 e. The smallest absolute Gasteiger partial charge is 0.301 e. The third kappa shape index (κ3) is 1.76. The van der Waals surface area contributed by atoms with Crippen molar-refractivity contribution in [3.8, 4) is 0 Å². The van der Waals surface area contributed by atoms with Gasteiger partial charge in [0, 0.05) is 12.4 Å². The van der Waals surface area contributed by atoms with Crippen LogP contribution in [0.1, 0.15) is 5.56 Å². The standard InChI is InChI=1S/C13H12ClNO/c1-9-7-8-10-5-3-4-6-11(10)12(9)15(2)13(14)16/h3-8H,1-2H3. The van der Waals surface area contributed by atoms with Crippen molar-refractivity contribution in [2.75, 3.05) is 11.9 Å². The Bertz CT molecular complexity index is 551. The van der Waals surface area contributed by atoms with E-state index in [0.717, 1.165) is 22.0 Å². The largest absolute Gasteiger partial charge is 0.320 e. The average molecular weight is 234 g/mol. The maximum Gasteiger partial charge on any atom is 0.320 e. The highest BCUT2D eigenvalue weighted by Gasteiger charge is 2.13. The molecule has 0 heterocycles. The second kappa shape index (κ2) is 4.14. The van der Waals surface area contributed by atoms with Crippen molar-refractivity contribution in [2.24, 2.45) is 0 Å². The fraction of sp³-hybridized carbons (Fsp3) is 0.154. The number of nitrogens with zero attached hydrogens (tertiary/aromatic N) is 1. The number of benzene rings is 2. The van der Waals surface area contributed by atoms with E-state index in [1.54, 1.807) is 7.05 Å². The molecule has 0 saturated heterocycles. The zero-order valence-corrected chi connectivity index (χ0v) is 9.95. The summed E-state index contributed by atoms with van der Waals surface area (Å²) in [7, 11) is 1.68. The number of amides is 1. The van der Waals surface area contributed by atoms with Gasteiger partial charge in [-0.05, 0) is 29.5 Å². The molecular formula is C13H12ClNO. The van der Waals surface area contributed by atoms with Gasteiger partial charge in [-0.2, -0.15) is 0 Å². The van der Waals surface area contributed by atoms with Gasteiger partial charge in [-0.15, -0.1) is 0 Å². The molecule has 82 valence electrons. The van der Waals surface area contributed by atoms with Crippen molar-refractivity contribution in [3.63, 3.8) is 0 Å². The summed E-state index contributed by atoms with van der Waals surface area (Å²) in [5.41, 5.74) is 1.91. The Balaban J connectivity index is 2.75. The Morgan fingerprint density at radius 3 is 2.56 bits per heavy atom. The number of rotatable bonds is 1. The van der Waals surface area contributed by atoms with Crippen molar-refractivity contribution in [3.05, 3.63) is 42.0 Å². The molecule has 16 heavy (non-hydrogen) atoms. The molecule has 3 heteroatoms. The van der Waals surface area contributed by atoms with Crippen LogP contribution in [0.5, 0.6) is 0 Å². The number of fused-ring (bicyclic) bond motifs is 1. The zero-order valence-electron chi connectivity index (χ0n) is 9.20. The Morgan fingerprint density at radius 1 is 1.19 bits per heavy atom. The third-order valence-corrected chi connectivity index (χ3v) is 2.95. The summed E-state index contributed by atoms with van der Waals surface area (Å²) < 4.78 is 0. The number of carbonyl (C=O) groups excluding carboxylic acids is 1. The lowest BCUT2D eigenvalue weighted by molar-refractivity contribution is 0.265. The fourth-order valence-electron chi connectivity index (χ4n) is 1.90. The summed E-state index contributed by atoms with van der Waals surface area (Å²) in [6, 6.07) is 12.0. The van der Waals surface area contributed by atoms with Crippen molar-refractivity contribution in [1.29, 1.82) is 0 Å². The predicted octanol–water partition coefficient (Wildman–Crippen LogP) is 3.94. The second-order valence-corrected chi connectivity index (χ2v) is 4.09. The first-order chi connectivity index (χ1) is 7.61. The van der Waals surface area contributed by atoms with Crippen LogP contribution in [-0.4, -0.2) is 12.4 Å². The zero-order chi connectivity index (χ0) is 11.7. The van der Waals surface area contributed by atoms with Crippen LogP contribution in [0, 0.1) is 6.92 Å². The van der Waals surface area contributed by atoms with Gasteiger partial charge in [0.25, 0.3) is 0 Å². The Labute approximate surface area is 99.4 Å². The predicted molar refractivity (Wildman–Crippen MR) is 68.3 cm³/mol. The normalized spacial score (nSPS) is 10.4. The lowest BCUT2D eigenvalue weighted by Gasteiger charge is -2.18. The highest BCUT2D eigenvalue weighted by Crippen LogP contribution is 2.30. The molecular weight excluding hydrogens is 222 g/mol. The maximum absolute atomic E-state index is 11.2. The van der Waals surface area contributed by atoms with E-state index in [2.05, 4.69) is 0 Å². The topological polar surface area (TPSA) is 20.3 Å². The number of hydrogen-bond donors (Lipinski definition) is 0. The van der Waals surface area contributed by atoms with Crippen LogP contribution in [0.4, 0.5) is 10.5 Å². The molecule has 0 atom stereocenters. The van der Waals surface area contributed by atoms with E-state index in [4.69, 9.17) is 11.6 Å². The summed E-state index contributed by atoms with van der Waals surface area (Å²) in [6.07, 6.45) is 0. The van der Waals surface area contributed by atoms with Gasteiger partial charge < -0.3 is 4.90 Å². The quantitative estimate of drug-likeness (QED) is 0.540. The molecule has 2 nitrogen and oxygen atoms in total. The maximum atomic E-state index is 11.2. The molecule has 0 N–H and O–H groups in total. The van der Waals surface area contributed by atoms with Crippen LogP contribution in [-0.2, 0) is 0 Å². The first kappa shape index (κ1) is 11.0. The van der Waals surface area contributed by atoms with Gasteiger partial charge in [-0.25, -0.2) is 0 Å². The lowest BCUT2D eigenvalue weighted by Crippen LogP contribution is -2.20. The van der Waals surface area contributed by atoms with Gasteiger partial charge in [-0.3, -0.25) is 4.79 Å². The van der Waals surface area contributed by atoms with E-state index in [0.29, 0.717) is 0 Å². The van der Waals surface area contributed by atoms with Gasteiger partial charge in [0.15, 0.2) is 0 Å². The van der Waals surface area contributed by atoms with Gasteiger partial charge in [-0.1, -0.05) is 36.4 Å². The highest BCUT2D eigenvalue weighted by molar-refractivity contribution is 6.66. The van der Waals surface area contributed by atoms with E-state index < -0.39 is 5.37 Å². The van der Waals surface area contributed by atoms with Gasteiger partial charge in [0.2, 0.25) is 0 Å². The number of carbonyl (C=O) groups is 1. The molecule has 0 aliphatic carbocycles. The minimum absolute atomic E-state index is 0.473. The second-order valence-electron chi connectivity index (χ2n) is 3.76. The molecule has 0 bridgehead atoms. The summed E-state index contributed by atoms with van der Waals surface area (Å²) in [5.74, 6) is 0. The average Bonchev–Trinajstić information content (AvgIpc) is 2.28. The molecule has 0 saturated carbocycles. The molecule has 0 radical (unpaired) electrons. The summed E-state index contributed by atoms with van der Waals surface area (Å²) >= 11 is 5.52. The third-order valence-electron chi connectivity index (χ3n) is 2.70. The molecule has 2 aromatic carbocycles. The molecule has 0 aliphatic heterocycles. The molecule has 1 amide bonds. The summed E-state index contributed by atoms with van der Waals surface area (Å²) in [6.45, 7) is 1.97. The van der Waals surface area contributed by atoms with Gasteiger partial charge >= 0.3 is 5.37 Å². The van der Waals surface area contributed by atoms with E-state index in [-0.39, 0.29) is 0 Å². The lowest BCUT2D eigenvalue weighted by atomic mass is 10.0. The Kier molecular flexibility index (Phi) is 2.84. The molecule has 2 aromatic rings. The summed E-state index contributed by atoms with van der Waals surface area (Å²) in [4.78, 5) is 12.7. The van der Waals surface area contributed by atoms with Crippen LogP contribution < -0.4 is 4.90 Å². The minimum atomic E-state index is -0.473. The number of halogens is 1. The SMILES string of the molecule is Cc1ccc2ccccc2c1N(C)C(=O)Cl. The molecule has 0 aromatic heterocycles. The van der Waals surface area contributed by atoms with E-state index in [1.807, 2.05) is 43.3 Å². The highest BCUT2D eigenvalue weighted by atomic mass is 35.5. The molecule has 0 spiro atoms. The van der Waals surface area contributed by atoms with Crippen LogP contribution in [0.25, 0.3) is 10.8 Å². The monoisotopic (exact) mass is 233 g/mol. The Morgan fingerprint density at radius 2 is 1.88 bits per heavy atom. The first-order valence-electron chi connectivity index (χ1n) is 5.03. The molecule has 2 rings (SSSR count). The first-order valence-corrected chi connectivity index (χ1v) is 5.40. The van der Waals surface area contributed by atoms with Crippen LogP contribution in [0.15, 0.2) is 36.4 Å². The molecule has 0 fully saturated rings. The van der Waals surface area contributed by atoms with Crippen LogP contribution in [0.3, 0.4) is 0 Å². The van der Waals surface area contributed by atoms with Crippen LogP contribution in [0.2, 0.25) is 0 Å². The van der Waals surface area contributed by atoms with E-state index >= 15 is 0 Å². The molecule has 0 aliphatic rings. The van der Waals surface area contributed by atoms with E-state index in [9.17, 15) is 4.79 Å². The fourth-order valence-corrected chi connectivity index (χ4v) is 1.98. The van der Waals surface area contributed by atoms with Gasteiger partial charge in [0.05, 0.1) is 5.69 Å².